The van der Waals surface area contributed by atoms with Gasteiger partial charge in [0.25, 0.3) is 0 Å². The second-order valence-electron chi connectivity index (χ2n) is 5.41. The van der Waals surface area contributed by atoms with E-state index >= 15 is 0 Å². The van der Waals surface area contributed by atoms with Gasteiger partial charge in [-0.15, -0.1) is 12.4 Å². The number of halogens is 1. The first-order valence-electron chi connectivity index (χ1n) is 7.52. The van der Waals surface area contributed by atoms with E-state index in [1.165, 1.54) is 0 Å². The summed E-state index contributed by atoms with van der Waals surface area (Å²) in [6.45, 7) is 2.16. The second kappa shape index (κ2) is 9.93. The molecular formula is C18H23ClN2O3. The molecule has 0 aliphatic heterocycles. The lowest BCUT2D eigenvalue weighted by Crippen LogP contribution is -2.40. The molecule has 130 valence electrons. The summed E-state index contributed by atoms with van der Waals surface area (Å²) in [7, 11) is 0. The molecule has 1 amide bonds. The summed E-state index contributed by atoms with van der Waals surface area (Å²) in [5, 5.41) is 12.5. The molecule has 2 atom stereocenters. The van der Waals surface area contributed by atoms with Gasteiger partial charge in [-0.25, -0.2) is 0 Å². The Hall–Kier alpha value is -2.08. The lowest BCUT2D eigenvalue weighted by atomic mass is 10.1. The molecule has 5 nitrogen and oxygen atoms in total. The summed E-state index contributed by atoms with van der Waals surface area (Å²) >= 11 is 0. The maximum absolute atomic E-state index is 12.0. The van der Waals surface area contributed by atoms with Gasteiger partial charge < -0.3 is 20.9 Å². The topological polar surface area (TPSA) is 84.6 Å². The van der Waals surface area contributed by atoms with E-state index in [1.807, 2.05) is 49.4 Å². The number of amides is 1. The first-order valence-corrected chi connectivity index (χ1v) is 7.52. The first-order chi connectivity index (χ1) is 11.1. The minimum absolute atomic E-state index is 0. The van der Waals surface area contributed by atoms with Gasteiger partial charge in [0.1, 0.15) is 24.5 Å². The van der Waals surface area contributed by atoms with E-state index in [9.17, 15) is 9.90 Å². The lowest BCUT2D eigenvalue weighted by Gasteiger charge is -2.16. The van der Waals surface area contributed by atoms with Crippen LogP contribution in [0.15, 0.2) is 54.6 Å². The molecule has 4 N–H and O–H groups in total. The van der Waals surface area contributed by atoms with Crippen LogP contribution in [0, 0.1) is 6.92 Å². The second-order valence-corrected chi connectivity index (χ2v) is 5.41. The molecule has 0 saturated heterocycles. The number of rotatable bonds is 7. The Kier molecular flexibility index (Phi) is 8.26. The Bertz CT molecular complexity index is 637. The third-order valence-corrected chi connectivity index (χ3v) is 3.39. The molecule has 2 aromatic rings. The van der Waals surface area contributed by atoms with Crippen molar-refractivity contribution >= 4 is 18.3 Å². The number of carbonyl (C=O) groups excluding carboxylic acids is 1. The molecule has 0 fully saturated rings. The van der Waals surface area contributed by atoms with Gasteiger partial charge in [0, 0.05) is 6.54 Å². The summed E-state index contributed by atoms with van der Waals surface area (Å²) in [5.74, 6) is 0.363. The van der Waals surface area contributed by atoms with E-state index in [4.69, 9.17) is 10.5 Å². The summed E-state index contributed by atoms with van der Waals surface area (Å²) < 4.78 is 5.49. The van der Waals surface area contributed by atoms with Gasteiger partial charge in [-0.05, 0) is 30.2 Å². The summed E-state index contributed by atoms with van der Waals surface area (Å²) in [6, 6.07) is 15.9. The molecule has 0 aliphatic rings. The zero-order valence-electron chi connectivity index (χ0n) is 13.5. The van der Waals surface area contributed by atoms with Crippen LogP contribution < -0.4 is 15.8 Å². The smallest absolute Gasteiger partial charge is 0.241 e. The number of hydrogen-bond donors (Lipinski definition) is 3. The monoisotopic (exact) mass is 350 g/mol. The zero-order valence-corrected chi connectivity index (χ0v) is 14.3. The van der Waals surface area contributed by atoms with Crippen molar-refractivity contribution < 1.29 is 14.6 Å². The molecule has 0 bridgehead atoms. The Morgan fingerprint density at radius 1 is 1.21 bits per heavy atom. The van der Waals surface area contributed by atoms with Crippen molar-refractivity contribution in [2.45, 2.75) is 19.1 Å². The Labute approximate surface area is 148 Å². The van der Waals surface area contributed by atoms with E-state index in [2.05, 4.69) is 5.32 Å². The Morgan fingerprint density at radius 2 is 1.92 bits per heavy atom. The molecule has 0 aliphatic carbocycles. The number of aliphatic hydroxyl groups is 1. The molecule has 0 heterocycles. The van der Waals surface area contributed by atoms with Crippen molar-refractivity contribution in [1.29, 1.82) is 0 Å². The highest BCUT2D eigenvalue weighted by Crippen LogP contribution is 2.12. The normalized spacial score (nSPS) is 12.6. The van der Waals surface area contributed by atoms with Crippen LogP contribution in [0.4, 0.5) is 0 Å². The lowest BCUT2D eigenvalue weighted by molar-refractivity contribution is -0.123. The predicted molar refractivity (Wildman–Crippen MR) is 96.3 cm³/mol. The van der Waals surface area contributed by atoms with Gasteiger partial charge in [0.15, 0.2) is 0 Å². The van der Waals surface area contributed by atoms with Gasteiger partial charge in [-0.3, -0.25) is 4.79 Å². The molecule has 6 heteroatoms. The molecule has 0 radical (unpaired) electrons. The van der Waals surface area contributed by atoms with E-state index in [-0.39, 0.29) is 31.5 Å². The maximum atomic E-state index is 12.0. The van der Waals surface area contributed by atoms with Crippen LogP contribution in [0.1, 0.15) is 17.2 Å². The van der Waals surface area contributed by atoms with E-state index in [0.717, 1.165) is 11.1 Å². The number of nitrogens with two attached hydrogens (primary N) is 1. The highest BCUT2D eigenvalue weighted by Gasteiger charge is 2.16. The van der Waals surface area contributed by atoms with Gasteiger partial charge in [-0.2, -0.15) is 0 Å². The van der Waals surface area contributed by atoms with E-state index in [0.29, 0.717) is 5.75 Å². The van der Waals surface area contributed by atoms with Crippen LogP contribution in [-0.4, -0.2) is 30.3 Å². The number of aliphatic hydroxyl groups excluding tert-OH is 1. The zero-order chi connectivity index (χ0) is 16.7. The average Bonchev–Trinajstić information content (AvgIpc) is 2.58. The molecule has 2 aromatic carbocycles. The Morgan fingerprint density at radius 3 is 2.58 bits per heavy atom. The third-order valence-electron chi connectivity index (χ3n) is 3.39. The van der Waals surface area contributed by atoms with Gasteiger partial charge in [0.05, 0.1) is 0 Å². The average molecular weight is 351 g/mol. The minimum Gasteiger partial charge on any atom is -0.491 e. The SMILES string of the molecule is Cc1cccc(OCC(O)CNC(=O)C(N)c2ccccc2)c1.Cl. The van der Waals surface area contributed by atoms with E-state index < -0.39 is 12.1 Å². The molecule has 0 aromatic heterocycles. The number of ether oxygens (including phenoxy) is 1. The molecule has 24 heavy (non-hydrogen) atoms. The van der Waals surface area contributed by atoms with Gasteiger partial charge >= 0.3 is 0 Å². The Balaban J connectivity index is 0.00000288. The summed E-state index contributed by atoms with van der Waals surface area (Å²) in [5.41, 5.74) is 7.70. The van der Waals surface area contributed by atoms with Crippen LogP contribution >= 0.6 is 12.4 Å². The van der Waals surface area contributed by atoms with Gasteiger partial charge in [0.2, 0.25) is 5.91 Å². The fourth-order valence-electron chi connectivity index (χ4n) is 2.10. The van der Waals surface area contributed by atoms with Crippen molar-refractivity contribution in [3.63, 3.8) is 0 Å². The van der Waals surface area contributed by atoms with Crippen molar-refractivity contribution in [1.82, 2.24) is 5.32 Å². The number of benzene rings is 2. The molecular weight excluding hydrogens is 328 g/mol. The summed E-state index contributed by atoms with van der Waals surface area (Å²) in [4.78, 5) is 12.0. The molecule has 2 rings (SSSR count). The van der Waals surface area contributed by atoms with Crippen LogP contribution in [-0.2, 0) is 4.79 Å². The standard InChI is InChI=1S/C18H22N2O3.ClH/c1-13-6-5-9-16(10-13)23-12-15(21)11-20-18(22)17(19)14-7-3-2-4-8-14;/h2-10,15,17,21H,11-12,19H2,1H3,(H,20,22);1H. The van der Waals surface area contributed by atoms with Crippen LogP contribution in [0.3, 0.4) is 0 Å². The van der Waals surface area contributed by atoms with Crippen molar-refractivity contribution in [2.24, 2.45) is 5.73 Å². The van der Waals surface area contributed by atoms with Crippen molar-refractivity contribution in [3.05, 3.63) is 65.7 Å². The highest BCUT2D eigenvalue weighted by molar-refractivity contribution is 5.85. The fourth-order valence-corrected chi connectivity index (χ4v) is 2.10. The van der Waals surface area contributed by atoms with E-state index in [1.54, 1.807) is 12.1 Å². The first kappa shape index (κ1) is 20.0. The number of aryl methyl sites for hydroxylation is 1. The third kappa shape index (κ3) is 6.20. The highest BCUT2D eigenvalue weighted by atomic mass is 35.5. The summed E-state index contributed by atoms with van der Waals surface area (Å²) in [6.07, 6.45) is -0.803. The fraction of sp³-hybridized carbons (Fsp3) is 0.278. The number of nitrogens with one attached hydrogen (secondary N) is 1. The van der Waals surface area contributed by atoms with Crippen LogP contribution in [0.2, 0.25) is 0 Å². The minimum atomic E-state index is -0.803. The molecule has 2 unspecified atom stereocenters. The molecule has 0 spiro atoms. The largest absolute Gasteiger partial charge is 0.491 e. The van der Waals surface area contributed by atoms with Crippen LogP contribution in [0.25, 0.3) is 0 Å². The predicted octanol–water partition coefficient (Wildman–Crippen LogP) is 1.97. The maximum Gasteiger partial charge on any atom is 0.241 e. The van der Waals surface area contributed by atoms with Crippen molar-refractivity contribution in [2.75, 3.05) is 13.2 Å². The number of hydrogen-bond acceptors (Lipinski definition) is 4. The van der Waals surface area contributed by atoms with Gasteiger partial charge in [-0.1, -0.05) is 42.5 Å². The quantitative estimate of drug-likeness (QED) is 0.712. The van der Waals surface area contributed by atoms with Crippen LogP contribution in [0.5, 0.6) is 5.75 Å². The van der Waals surface area contributed by atoms with Crippen molar-refractivity contribution in [3.8, 4) is 5.75 Å². The molecule has 0 saturated carbocycles. The number of carbonyl (C=O) groups is 1.